The van der Waals surface area contributed by atoms with Gasteiger partial charge in [0.2, 0.25) is 0 Å². The smallest absolute Gasteiger partial charge is 0.102 e. The third-order valence-electron chi connectivity index (χ3n) is 3.47. The van der Waals surface area contributed by atoms with E-state index in [2.05, 4.69) is 12.1 Å². The number of benzene rings is 3. The highest BCUT2D eigenvalue weighted by Gasteiger charge is 2.16. The Morgan fingerprint density at radius 1 is 0.577 bits per heavy atom. The quantitative estimate of drug-likeness (QED) is 0.460. The van der Waals surface area contributed by atoms with Crippen LogP contribution in [0.3, 0.4) is 0 Å². The zero-order valence-electron chi connectivity index (χ0n) is 13.2. The molecule has 0 aliphatic rings. The molecule has 3 aromatic rings. The van der Waals surface area contributed by atoms with Crippen molar-refractivity contribution in [1.82, 2.24) is 0 Å². The lowest BCUT2D eigenvalue weighted by atomic mass is 10.1. The van der Waals surface area contributed by atoms with E-state index in [0.29, 0.717) is 31.0 Å². The molecule has 3 aromatic carbocycles. The summed E-state index contributed by atoms with van der Waals surface area (Å²) in [5.74, 6) is 0. The molecule has 0 heterocycles. The molecule has 0 bridgehead atoms. The Hall–Kier alpha value is -2.08. The standard InChI is InChI=1S/C20H10Cl2N2S2/c21-15-5-1-3-7-19(15)25-17-9-10-18(14(12-24)13(17)11-23)26-20-8-4-2-6-16(20)22/h1-10H. The predicted molar refractivity (Wildman–Crippen MR) is 107 cm³/mol. The van der Waals surface area contributed by atoms with Crippen LogP contribution >= 0.6 is 46.7 Å². The van der Waals surface area contributed by atoms with Crippen LogP contribution < -0.4 is 0 Å². The first-order valence-electron chi connectivity index (χ1n) is 7.46. The molecule has 0 fully saturated rings. The van der Waals surface area contributed by atoms with Crippen LogP contribution in [0.2, 0.25) is 10.0 Å². The lowest BCUT2D eigenvalue weighted by Crippen LogP contribution is -1.92. The normalized spacial score (nSPS) is 10.2. The van der Waals surface area contributed by atoms with E-state index in [1.807, 2.05) is 48.5 Å². The van der Waals surface area contributed by atoms with Crippen molar-refractivity contribution in [3.63, 3.8) is 0 Å². The van der Waals surface area contributed by atoms with Gasteiger partial charge in [0.25, 0.3) is 0 Å². The summed E-state index contributed by atoms with van der Waals surface area (Å²) >= 11 is 15.2. The van der Waals surface area contributed by atoms with Crippen molar-refractivity contribution in [2.24, 2.45) is 0 Å². The van der Waals surface area contributed by atoms with Crippen molar-refractivity contribution in [3.8, 4) is 12.1 Å². The summed E-state index contributed by atoms with van der Waals surface area (Å²) in [6, 6.07) is 22.8. The fourth-order valence-corrected chi connectivity index (χ4v) is 4.62. The molecule has 3 rings (SSSR count). The van der Waals surface area contributed by atoms with E-state index in [9.17, 15) is 10.5 Å². The van der Waals surface area contributed by atoms with Crippen molar-refractivity contribution in [2.75, 3.05) is 0 Å². The number of hydrogen-bond acceptors (Lipinski definition) is 4. The number of nitriles is 2. The molecule has 0 aliphatic carbocycles. The first kappa shape index (κ1) is 18.7. The summed E-state index contributed by atoms with van der Waals surface area (Å²) in [5.41, 5.74) is 0.684. The molecule has 6 heteroatoms. The van der Waals surface area contributed by atoms with Gasteiger partial charge >= 0.3 is 0 Å². The van der Waals surface area contributed by atoms with Gasteiger partial charge in [-0.3, -0.25) is 0 Å². The molecule has 0 aromatic heterocycles. The Morgan fingerprint density at radius 3 is 1.31 bits per heavy atom. The van der Waals surface area contributed by atoms with Gasteiger partial charge in [0.05, 0.1) is 21.2 Å². The molecular formula is C20H10Cl2N2S2. The monoisotopic (exact) mass is 412 g/mol. The third kappa shape index (κ3) is 4.01. The van der Waals surface area contributed by atoms with Gasteiger partial charge in [0.1, 0.15) is 12.1 Å². The molecule has 0 N–H and O–H groups in total. The van der Waals surface area contributed by atoms with Crippen LogP contribution in [-0.2, 0) is 0 Å². The Balaban J connectivity index is 2.03. The van der Waals surface area contributed by atoms with E-state index >= 15 is 0 Å². The molecule has 0 radical (unpaired) electrons. The fraction of sp³-hybridized carbons (Fsp3) is 0. The van der Waals surface area contributed by atoms with Gasteiger partial charge in [-0.25, -0.2) is 0 Å². The van der Waals surface area contributed by atoms with Crippen LogP contribution in [0, 0.1) is 22.7 Å². The average molecular weight is 413 g/mol. The average Bonchev–Trinajstić information content (AvgIpc) is 2.66. The van der Waals surface area contributed by atoms with Crippen LogP contribution in [0.1, 0.15) is 11.1 Å². The number of nitrogens with zero attached hydrogens (tertiary/aromatic N) is 2. The number of hydrogen-bond donors (Lipinski definition) is 0. The second-order valence-corrected chi connectivity index (χ2v) is 8.08. The molecule has 0 atom stereocenters. The van der Waals surface area contributed by atoms with E-state index < -0.39 is 0 Å². The zero-order chi connectivity index (χ0) is 18.5. The van der Waals surface area contributed by atoms with Gasteiger partial charge in [-0.2, -0.15) is 10.5 Å². The van der Waals surface area contributed by atoms with Gasteiger partial charge in [-0.05, 0) is 36.4 Å². The van der Waals surface area contributed by atoms with Gasteiger partial charge in [0, 0.05) is 19.6 Å². The second kappa shape index (κ2) is 8.54. The van der Waals surface area contributed by atoms with Crippen molar-refractivity contribution in [3.05, 3.63) is 81.8 Å². The molecule has 0 spiro atoms. The Labute approximate surface area is 170 Å². The Morgan fingerprint density at radius 2 is 0.962 bits per heavy atom. The van der Waals surface area contributed by atoms with Crippen LogP contribution in [0.15, 0.2) is 80.2 Å². The van der Waals surface area contributed by atoms with E-state index in [1.165, 1.54) is 23.5 Å². The third-order valence-corrected chi connectivity index (χ3v) is 6.62. The van der Waals surface area contributed by atoms with E-state index in [0.717, 1.165) is 9.79 Å². The van der Waals surface area contributed by atoms with Crippen LogP contribution in [-0.4, -0.2) is 0 Å². The van der Waals surface area contributed by atoms with E-state index in [1.54, 1.807) is 12.1 Å². The second-order valence-electron chi connectivity index (χ2n) is 5.10. The zero-order valence-corrected chi connectivity index (χ0v) is 16.4. The van der Waals surface area contributed by atoms with E-state index in [4.69, 9.17) is 23.2 Å². The summed E-state index contributed by atoms with van der Waals surface area (Å²) in [5, 5.41) is 20.5. The lowest BCUT2D eigenvalue weighted by molar-refractivity contribution is 1.24. The fourth-order valence-electron chi connectivity index (χ4n) is 2.25. The molecule has 26 heavy (non-hydrogen) atoms. The molecule has 0 saturated carbocycles. The first-order valence-corrected chi connectivity index (χ1v) is 9.85. The first-order chi connectivity index (χ1) is 12.6. The van der Waals surface area contributed by atoms with Crippen molar-refractivity contribution in [1.29, 1.82) is 10.5 Å². The highest BCUT2D eigenvalue weighted by molar-refractivity contribution is 8.00. The molecule has 126 valence electrons. The Bertz CT molecular complexity index is 968. The summed E-state index contributed by atoms with van der Waals surface area (Å²) in [6.07, 6.45) is 0. The summed E-state index contributed by atoms with van der Waals surface area (Å²) < 4.78 is 0. The summed E-state index contributed by atoms with van der Waals surface area (Å²) in [4.78, 5) is 3.06. The topological polar surface area (TPSA) is 47.6 Å². The van der Waals surface area contributed by atoms with Gasteiger partial charge in [0.15, 0.2) is 0 Å². The predicted octanol–water partition coefficient (Wildman–Crippen LogP) is 7.04. The molecule has 0 aliphatic heterocycles. The van der Waals surface area contributed by atoms with Gasteiger partial charge in [-0.1, -0.05) is 71.0 Å². The van der Waals surface area contributed by atoms with Gasteiger partial charge < -0.3 is 0 Å². The highest BCUT2D eigenvalue weighted by Crippen LogP contribution is 2.41. The van der Waals surface area contributed by atoms with Crippen LogP contribution in [0.4, 0.5) is 0 Å². The number of rotatable bonds is 4. The van der Waals surface area contributed by atoms with Gasteiger partial charge in [-0.15, -0.1) is 0 Å². The maximum Gasteiger partial charge on any atom is 0.102 e. The largest absolute Gasteiger partial charge is 0.192 e. The highest BCUT2D eigenvalue weighted by atomic mass is 35.5. The minimum atomic E-state index is 0.342. The van der Waals surface area contributed by atoms with Crippen molar-refractivity contribution >= 4 is 46.7 Å². The lowest BCUT2D eigenvalue weighted by Gasteiger charge is -2.11. The molecule has 0 saturated heterocycles. The Kier molecular flexibility index (Phi) is 6.14. The van der Waals surface area contributed by atoms with Crippen LogP contribution in [0.25, 0.3) is 0 Å². The van der Waals surface area contributed by atoms with Crippen LogP contribution in [0.5, 0.6) is 0 Å². The molecule has 0 unspecified atom stereocenters. The maximum absolute atomic E-state index is 9.64. The van der Waals surface area contributed by atoms with Crippen molar-refractivity contribution < 1.29 is 0 Å². The molecule has 0 amide bonds. The SMILES string of the molecule is N#Cc1c(Sc2ccccc2Cl)ccc(Sc2ccccc2Cl)c1C#N. The molecular weight excluding hydrogens is 403 g/mol. The number of halogens is 2. The summed E-state index contributed by atoms with van der Waals surface area (Å²) in [7, 11) is 0. The van der Waals surface area contributed by atoms with E-state index in [-0.39, 0.29) is 0 Å². The minimum Gasteiger partial charge on any atom is -0.192 e. The summed E-state index contributed by atoms with van der Waals surface area (Å²) in [6.45, 7) is 0. The van der Waals surface area contributed by atoms with Crippen molar-refractivity contribution in [2.45, 2.75) is 19.6 Å². The maximum atomic E-state index is 9.64. The minimum absolute atomic E-state index is 0.342. The molecule has 2 nitrogen and oxygen atoms in total.